The first-order valence-corrected chi connectivity index (χ1v) is 13.3. The van der Waals surface area contributed by atoms with Gasteiger partial charge < -0.3 is 20.3 Å². The Labute approximate surface area is 226 Å². The molecule has 10 heteroatoms. The van der Waals surface area contributed by atoms with Gasteiger partial charge in [0.25, 0.3) is 6.02 Å². The van der Waals surface area contributed by atoms with E-state index in [2.05, 4.69) is 27.8 Å². The number of nitrogens with one attached hydrogen (secondary N) is 2. The van der Waals surface area contributed by atoms with Gasteiger partial charge in [0.2, 0.25) is 5.95 Å². The summed E-state index contributed by atoms with van der Waals surface area (Å²) in [6, 6.07) is 18.5. The molecule has 200 valence electrons. The quantitative estimate of drug-likeness (QED) is 0.473. The number of aromatic nitrogens is 2. The van der Waals surface area contributed by atoms with Crippen molar-refractivity contribution in [3.63, 3.8) is 0 Å². The molecule has 3 aliphatic heterocycles. The van der Waals surface area contributed by atoms with Crippen molar-refractivity contribution in [3.8, 4) is 0 Å². The van der Waals surface area contributed by atoms with E-state index in [1.165, 1.54) is 17.7 Å². The zero-order chi connectivity index (χ0) is 26.6. The van der Waals surface area contributed by atoms with Gasteiger partial charge in [-0.1, -0.05) is 42.5 Å². The van der Waals surface area contributed by atoms with Crippen molar-refractivity contribution < 1.29 is 13.9 Å². The van der Waals surface area contributed by atoms with Crippen molar-refractivity contribution >= 4 is 18.0 Å². The largest absolute Gasteiger partial charge is 0.432 e. The highest BCUT2D eigenvalue weighted by Crippen LogP contribution is 2.43. The van der Waals surface area contributed by atoms with E-state index in [0.29, 0.717) is 31.6 Å². The first-order valence-electron chi connectivity index (χ1n) is 13.3. The Morgan fingerprint density at radius 3 is 2.64 bits per heavy atom. The number of anilines is 1. The van der Waals surface area contributed by atoms with Crippen LogP contribution in [0.4, 0.5) is 15.1 Å². The van der Waals surface area contributed by atoms with Crippen LogP contribution in [0.2, 0.25) is 0 Å². The lowest BCUT2D eigenvalue weighted by Gasteiger charge is -2.32. The van der Waals surface area contributed by atoms with E-state index in [1.54, 1.807) is 24.6 Å². The lowest BCUT2D eigenvalue weighted by molar-refractivity contribution is 0.184. The summed E-state index contributed by atoms with van der Waals surface area (Å²) >= 11 is 0. The Morgan fingerprint density at radius 2 is 1.85 bits per heavy atom. The molecule has 2 unspecified atom stereocenters. The molecular formula is C29H30FN7O2. The third kappa shape index (κ3) is 5.55. The molecule has 0 radical (unpaired) electrons. The van der Waals surface area contributed by atoms with Crippen LogP contribution in [0.5, 0.6) is 0 Å². The highest BCUT2D eigenvalue weighted by molar-refractivity contribution is 5.80. The Morgan fingerprint density at radius 1 is 1.05 bits per heavy atom. The van der Waals surface area contributed by atoms with Crippen LogP contribution in [-0.4, -0.2) is 57.5 Å². The van der Waals surface area contributed by atoms with Gasteiger partial charge in [-0.05, 0) is 48.6 Å². The molecular weight excluding hydrogens is 497 g/mol. The van der Waals surface area contributed by atoms with E-state index in [-0.39, 0.29) is 30.0 Å². The highest BCUT2D eigenvalue weighted by Gasteiger charge is 2.41. The summed E-state index contributed by atoms with van der Waals surface area (Å²) in [6.45, 7) is 1.94. The van der Waals surface area contributed by atoms with Crippen LogP contribution in [-0.2, 0) is 11.2 Å². The third-order valence-electron chi connectivity index (χ3n) is 7.30. The minimum absolute atomic E-state index is 0.0209. The molecule has 2 aromatic carbocycles. The van der Waals surface area contributed by atoms with E-state index in [0.717, 1.165) is 30.5 Å². The van der Waals surface area contributed by atoms with Crippen LogP contribution in [0.1, 0.15) is 41.7 Å². The Kier molecular flexibility index (Phi) is 7.07. The van der Waals surface area contributed by atoms with Crippen LogP contribution < -0.4 is 10.6 Å². The maximum absolute atomic E-state index is 13.6. The van der Waals surface area contributed by atoms with Crippen LogP contribution in [0.15, 0.2) is 84.3 Å². The number of ether oxygens (including phenoxy) is 1. The van der Waals surface area contributed by atoms with E-state index < -0.39 is 0 Å². The van der Waals surface area contributed by atoms with Gasteiger partial charge in [0, 0.05) is 38.1 Å². The van der Waals surface area contributed by atoms with Crippen molar-refractivity contribution in [1.29, 1.82) is 0 Å². The third-order valence-corrected chi connectivity index (χ3v) is 7.30. The fourth-order valence-electron chi connectivity index (χ4n) is 5.24. The summed E-state index contributed by atoms with van der Waals surface area (Å²) in [6.07, 6.45) is 7.59. The van der Waals surface area contributed by atoms with E-state index in [4.69, 9.17) is 14.7 Å². The van der Waals surface area contributed by atoms with Crippen molar-refractivity contribution in [1.82, 2.24) is 25.1 Å². The monoisotopic (exact) mass is 527 g/mol. The van der Waals surface area contributed by atoms with Gasteiger partial charge in [-0.25, -0.2) is 24.1 Å². The van der Waals surface area contributed by atoms with Crippen molar-refractivity contribution in [3.05, 3.63) is 102 Å². The van der Waals surface area contributed by atoms with Crippen LogP contribution >= 0.6 is 0 Å². The number of carbonyl (C=O) groups excluding carboxylic acids is 1. The lowest BCUT2D eigenvalue weighted by Crippen LogP contribution is -2.47. The summed E-state index contributed by atoms with van der Waals surface area (Å²) in [5, 5.41) is 6.49. The predicted octanol–water partition coefficient (Wildman–Crippen LogP) is 4.40. The number of urea groups is 1. The number of hydrogen-bond acceptors (Lipinski definition) is 7. The maximum atomic E-state index is 13.6. The second kappa shape index (κ2) is 11.1. The molecule has 0 bridgehead atoms. The Balaban J connectivity index is 1.06. The van der Waals surface area contributed by atoms with Gasteiger partial charge in [0.15, 0.2) is 0 Å². The zero-order valence-corrected chi connectivity index (χ0v) is 21.4. The first-order chi connectivity index (χ1) is 19.1. The van der Waals surface area contributed by atoms with Gasteiger partial charge in [-0.3, -0.25) is 4.90 Å². The number of hydrogen-bond donors (Lipinski definition) is 2. The molecule has 1 saturated heterocycles. The summed E-state index contributed by atoms with van der Waals surface area (Å²) in [4.78, 5) is 30.4. The molecule has 2 N–H and O–H groups in total. The van der Waals surface area contributed by atoms with E-state index in [9.17, 15) is 9.18 Å². The van der Waals surface area contributed by atoms with E-state index >= 15 is 0 Å². The average molecular weight is 528 g/mol. The smallest absolute Gasteiger partial charge is 0.317 e. The minimum Gasteiger partial charge on any atom is -0.432 e. The SMILES string of the molecule is O=C(NCCc1ccccc1)N1CCC(Nc2nccc(C3C(c4ccc(F)cc4)N=C4OC=CN43)n2)CC1. The number of amides is 2. The van der Waals surface area contributed by atoms with Gasteiger partial charge in [-0.2, -0.15) is 0 Å². The van der Waals surface area contributed by atoms with Crippen LogP contribution in [0.3, 0.4) is 0 Å². The zero-order valence-electron chi connectivity index (χ0n) is 21.4. The molecule has 39 heavy (non-hydrogen) atoms. The molecule has 0 spiro atoms. The molecule has 3 aliphatic rings. The normalized spacial score (nSPS) is 20.4. The number of carbonyl (C=O) groups is 1. The molecule has 2 amide bonds. The summed E-state index contributed by atoms with van der Waals surface area (Å²) < 4.78 is 19.1. The molecule has 0 saturated carbocycles. The Hall–Kier alpha value is -4.47. The molecule has 1 aromatic heterocycles. The average Bonchev–Trinajstić information content (AvgIpc) is 3.56. The van der Waals surface area contributed by atoms with Crippen molar-refractivity contribution in [2.75, 3.05) is 25.0 Å². The number of fused-ring (bicyclic) bond motifs is 1. The topological polar surface area (TPSA) is 95.0 Å². The number of aliphatic imine (C=N–C) groups is 1. The van der Waals surface area contributed by atoms with Crippen molar-refractivity contribution in [2.24, 2.45) is 4.99 Å². The number of halogens is 1. The van der Waals surface area contributed by atoms with Gasteiger partial charge >= 0.3 is 6.03 Å². The molecule has 6 rings (SSSR count). The molecule has 4 heterocycles. The number of piperidine rings is 1. The number of nitrogens with zero attached hydrogens (tertiary/aromatic N) is 5. The summed E-state index contributed by atoms with van der Waals surface area (Å²) in [5.41, 5.74) is 2.87. The van der Waals surface area contributed by atoms with E-state index in [1.807, 2.05) is 40.3 Å². The number of likely N-dealkylation sites (tertiary alicyclic amines) is 1. The molecule has 9 nitrogen and oxygen atoms in total. The molecule has 2 atom stereocenters. The molecule has 0 aliphatic carbocycles. The number of benzene rings is 2. The van der Waals surface area contributed by atoms with Crippen LogP contribution in [0.25, 0.3) is 0 Å². The fraction of sp³-hybridized carbons (Fsp3) is 0.310. The standard InChI is InChI=1S/C29H30FN7O2/c30-22-8-6-21(7-9-22)25-26(37-18-19-39-29(37)35-25)24-11-15-31-27(34-24)33-23-12-16-36(17-13-23)28(38)32-14-10-20-4-2-1-3-5-20/h1-9,11,15,18-19,23,25-26H,10,12-14,16-17H2,(H,32,38)(H,31,33,34). The fourth-order valence-corrected chi connectivity index (χ4v) is 5.24. The second-order valence-corrected chi connectivity index (χ2v) is 9.84. The van der Waals surface area contributed by atoms with Crippen molar-refractivity contribution in [2.45, 2.75) is 37.4 Å². The number of amidine groups is 1. The highest BCUT2D eigenvalue weighted by atomic mass is 19.1. The van der Waals surface area contributed by atoms with Gasteiger partial charge in [-0.15, -0.1) is 0 Å². The lowest BCUT2D eigenvalue weighted by atomic mass is 9.97. The number of rotatable bonds is 7. The Bertz CT molecular complexity index is 1360. The van der Waals surface area contributed by atoms with Gasteiger partial charge in [0.1, 0.15) is 24.2 Å². The first kappa shape index (κ1) is 24.8. The molecule has 1 fully saturated rings. The molecule has 3 aromatic rings. The summed E-state index contributed by atoms with van der Waals surface area (Å²) in [7, 11) is 0. The maximum Gasteiger partial charge on any atom is 0.317 e. The predicted molar refractivity (Wildman–Crippen MR) is 145 cm³/mol. The summed E-state index contributed by atoms with van der Waals surface area (Å²) in [5.74, 6) is 0.246. The van der Waals surface area contributed by atoms with Gasteiger partial charge in [0.05, 0.1) is 5.69 Å². The minimum atomic E-state index is -0.294. The second-order valence-electron chi connectivity index (χ2n) is 9.84. The van der Waals surface area contributed by atoms with Crippen LogP contribution in [0, 0.1) is 5.82 Å².